The van der Waals surface area contributed by atoms with Gasteiger partial charge >= 0.3 is 0 Å². The molecule has 0 bridgehead atoms. The maximum Gasteiger partial charge on any atom is 0.148 e. The van der Waals surface area contributed by atoms with Crippen LogP contribution in [-0.2, 0) is 4.74 Å². The maximum absolute atomic E-state index is 13.5. The number of rotatable bonds is 7. The first-order valence-electron chi connectivity index (χ1n) is 9.89. The van der Waals surface area contributed by atoms with E-state index in [1.54, 1.807) is 7.11 Å². The highest BCUT2D eigenvalue weighted by Crippen LogP contribution is 2.39. The number of nitrogens with one attached hydrogen (secondary N) is 1. The van der Waals surface area contributed by atoms with E-state index in [2.05, 4.69) is 20.4 Å². The zero-order chi connectivity index (χ0) is 19.5. The van der Waals surface area contributed by atoms with Crippen LogP contribution in [-0.4, -0.2) is 54.5 Å². The van der Waals surface area contributed by atoms with Crippen molar-refractivity contribution in [3.8, 4) is 11.3 Å². The number of nitrogens with zero attached hydrogens (tertiary/aromatic N) is 3. The molecule has 1 N–H and O–H groups in total. The molecular weight excluding hydrogens is 379 g/mol. The van der Waals surface area contributed by atoms with Crippen molar-refractivity contribution in [1.82, 2.24) is 15.1 Å². The number of benzene rings is 1. The minimum Gasteiger partial charge on any atom is -0.385 e. The van der Waals surface area contributed by atoms with Crippen LogP contribution in [0.2, 0.25) is 5.02 Å². The van der Waals surface area contributed by atoms with E-state index in [0.29, 0.717) is 22.3 Å². The van der Waals surface area contributed by atoms with Crippen LogP contribution in [0.1, 0.15) is 19.3 Å². The Bertz CT molecular complexity index is 789. The Morgan fingerprint density at radius 2 is 1.96 bits per heavy atom. The van der Waals surface area contributed by atoms with Gasteiger partial charge in [-0.05, 0) is 61.4 Å². The molecule has 1 saturated carbocycles. The number of methoxy groups -OCH3 is 1. The van der Waals surface area contributed by atoms with Crippen molar-refractivity contribution < 1.29 is 9.13 Å². The molecular formula is C21H26ClFN4O. The summed E-state index contributed by atoms with van der Waals surface area (Å²) in [5.74, 6) is 1.95. The molecule has 7 heteroatoms. The van der Waals surface area contributed by atoms with E-state index in [-0.39, 0.29) is 5.82 Å². The lowest BCUT2D eigenvalue weighted by Gasteiger charge is -2.19. The number of hydrogen-bond donors (Lipinski definition) is 1. The topological polar surface area (TPSA) is 50.3 Å². The van der Waals surface area contributed by atoms with Gasteiger partial charge in [-0.3, -0.25) is 0 Å². The Morgan fingerprint density at radius 3 is 2.64 bits per heavy atom. The summed E-state index contributed by atoms with van der Waals surface area (Å²) >= 11 is 6.15. The normalized spacial score (nSPS) is 22.5. The van der Waals surface area contributed by atoms with Crippen LogP contribution in [0.15, 0.2) is 30.3 Å². The fraction of sp³-hybridized carbons (Fsp3) is 0.524. The first kappa shape index (κ1) is 19.6. The van der Waals surface area contributed by atoms with Crippen molar-refractivity contribution in [1.29, 1.82) is 0 Å². The van der Waals surface area contributed by atoms with E-state index in [9.17, 15) is 4.39 Å². The highest BCUT2D eigenvalue weighted by atomic mass is 35.5. The third-order valence-corrected chi connectivity index (χ3v) is 6.20. The van der Waals surface area contributed by atoms with Gasteiger partial charge in [0, 0.05) is 45.0 Å². The van der Waals surface area contributed by atoms with Crippen molar-refractivity contribution >= 4 is 17.4 Å². The van der Waals surface area contributed by atoms with Crippen LogP contribution in [0.25, 0.3) is 11.3 Å². The van der Waals surface area contributed by atoms with E-state index >= 15 is 0 Å². The summed E-state index contributed by atoms with van der Waals surface area (Å²) in [7, 11) is 1.76. The molecule has 2 fully saturated rings. The second-order valence-corrected chi connectivity index (χ2v) is 8.27. The molecule has 1 aromatic heterocycles. The second kappa shape index (κ2) is 8.72. The predicted molar refractivity (Wildman–Crippen MR) is 109 cm³/mol. The molecule has 1 aliphatic carbocycles. The number of ether oxygens (including phenoxy) is 1. The Labute approximate surface area is 170 Å². The standard InChI is InChI=1S/C21H26ClFN4O/c1-28-8-2-7-27-12-14-9-17(10-15(14)13-27)24-21-6-5-20(25-26-21)18-11-16(23)3-4-19(18)22/h3-6,11,14-15,17H,2,7-10,12-13H2,1H3,(H,24,26)/t14-,15-/m1/s1. The molecule has 0 amide bonds. The summed E-state index contributed by atoms with van der Waals surface area (Å²) in [6, 6.07) is 8.43. The van der Waals surface area contributed by atoms with Crippen LogP contribution in [0.5, 0.6) is 0 Å². The lowest BCUT2D eigenvalue weighted by atomic mass is 10.0. The molecule has 2 aromatic rings. The maximum atomic E-state index is 13.5. The van der Waals surface area contributed by atoms with Gasteiger partial charge < -0.3 is 15.0 Å². The minimum atomic E-state index is -0.336. The fourth-order valence-electron chi connectivity index (χ4n) is 4.59. The van der Waals surface area contributed by atoms with Crippen LogP contribution >= 0.6 is 11.6 Å². The Morgan fingerprint density at radius 1 is 1.18 bits per heavy atom. The van der Waals surface area contributed by atoms with E-state index in [4.69, 9.17) is 16.3 Å². The molecule has 1 saturated heterocycles. The van der Waals surface area contributed by atoms with Crippen molar-refractivity contribution in [2.24, 2.45) is 11.8 Å². The molecule has 0 radical (unpaired) electrons. The molecule has 2 atom stereocenters. The molecule has 1 aliphatic heterocycles. The Kier molecular flexibility index (Phi) is 6.09. The number of anilines is 1. The van der Waals surface area contributed by atoms with E-state index in [0.717, 1.165) is 37.2 Å². The zero-order valence-electron chi connectivity index (χ0n) is 16.1. The van der Waals surface area contributed by atoms with E-state index in [1.807, 2.05) is 12.1 Å². The summed E-state index contributed by atoms with van der Waals surface area (Å²) in [5.41, 5.74) is 1.13. The smallest absolute Gasteiger partial charge is 0.148 e. The average molecular weight is 405 g/mol. The van der Waals surface area contributed by atoms with Gasteiger partial charge in [-0.2, -0.15) is 0 Å². The molecule has 2 heterocycles. The van der Waals surface area contributed by atoms with Crippen molar-refractivity contribution in [2.45, 2.75) is 25.3 Å². The minimum absolute atomic E-state index is 0.336. The number of fused-ring (bicyclic) bond motifs is 1. The molecule has 0 unspecified atom stereocenters. The number of hydrogen-bond acceptors (Lipinski definition) is 5. The SMILES string of the molecule is COCCCN1C[C@H]2CC(Nc3ccc(-c4cc(F)ccc4Cl)nn3)C[C@@H]2C1. The van der Waals surface area contributed by atoms with E-state index in [1.165, 1.54) is 44.1 Å². The van der Waals surface area contributed by atoms with Crippen LogP contribution in [0.4, 0.5) is 10.2 Å². The van der Waals surface area contributed by atoms with Gasteiger partial charge in [-0.25, -0.2) is 4.39 Å². The summed E-state index contributed by atoms with van der Waals surface area (Å²) in [6.45, 7) is 4.35. The van der Waals surface area contributed by atoms with Crippen LogP contribution in [0, 0.1) is 17.7 Å². The highest BCUT2D eigenvalue weighted by Gasteiger charge is 2.40. The van der Waals surface area contributed by atoms with Crippen molar-refractivity contribution in [2.75, 3.05) is 38.7 Å². The number of aromatic nitrogens is 2. The van der Waals surface area contributed by atoms with Crippen LogP contribution in [0.3, 0.4) is 0 Å². The molecule has 4 rings (SSSR count). The molecule has 5 nitrogen and oxygen atoms in total. The highest BCUT2D eigenvalue weighted by molar-refractivity contribution is 6.33. The third-order valence-electron chi connectivity index (χ3n) is 5.87. The molecule has 0 spiro atoms. The van der Waals surface area contributed by atoms with Crippen molar-refractivity contribution in [3.63, 3.8) is 0 Å². The van der Waals surface area contributed by atoms with Gasteiger partial charge in [0.05, 0.1) is 10.7 Å². The Hall–Kier alpha value is -1.76. The van der Waals surface area contributed by atoms with Gasteiger partial charge in [0.2, 0.25) is 0 Å². The quantitative estimate of drug-likeness (QED) is 0.704. The summed E-state index contributed by atoms with van der Waals surface area (Å²) in [4.78, 5) is 2.57. The predicted octanol–water partition coefficient (Wildman–Crippen LogP) is 4.09. The molecule has 150 valence electrons. The number of likely N-dealkylation sites (tertiary alicyclic amines) is 1. The molecule has 28 heavy (non-hydrogen) atoms. The lowest BCUT2D eigenvalue weighted by molar-refractivity contribution is 0.177. The van der Waals surface area contributed by atoms with Gasteiger partial charge in [0.15, 0.2) is 0 Å². The van der Waals surface area contributed by atoms with Gasteiger partial charge in [0.1, 0.15) is 11.6 Å². The largest absolute Gasteiger partial charge is 0.385 e. The van der Waals surface area contributed by atoms with Gasteiger partial charge in [-0.1, -0.05) is 11.6 Å². The lowest BCUT2D eigenvalue weighted by Crippen LogP contribution is -2.26. The van der Waals surface area contributed by atoms with Crippen molar-refractivity contribution in [3.05, 3.63) is 41.2 Å². The van der Waals surface area contributed by atoms with Crippen LogP contribution < -0.4 is 5.32 Å². The Balaban J connectivity index is 1.31. The monoisotopic (exact) mass is 404 g/mol. The number of halogens is 2. The van der Waals surface area contributed by atoms with Gasteiger partial charge in [-0.15, -0.1) is 10.2 Å². The average Bonchev–Trinajstić information content (AvgIpc) is 3.23. The first-order valence-corrected chi connectivity index (χ1v) is 10.3. The molecule has 1 aromatic carbocycles. The summed E-state index contributed by atoms with van der Waals surface area (Å²) < 4.78 is 18.6. The zero-order valence-corrected chi connectivity index (χ0v) is 16.8. The van der Waals surface area contributed by atoms with Gasteiger partial charge in [0.25, 0.3) is 0 Å². The van der Waals surface area contributed by atoms with E-state index < -0.39 is 0 Å². The summed E-state index contributed by atoms with van der Waals surface area (Å²) in [5, 5.41) is 12.5. The third kappa shape index (κ3) is 4.45. The fourth-order valence-corrected chi connectivity index (χ4v) is 4.80. The molecule has 2 aliphatic rings. The summed E-state index contributed by atoms with van der Waals surface area (Å²) in [6.07, 6.45) is 3.45. The second-order valence-electron chi connectivity index (χ2n) is 7.87. The first-order chi connectivity index (χ1) is 13.6.